The van der Waals surface area contributed by atoms with Crippen LogP contribution in [0, 0.1) is 6.92 Å². The minimum Gasteiger partial charge on any atom is -0.507 e. The van der Waals surface area contributed by atoms with Gasteiger partial charge in [0.1, 0.15) is 23.4 Å². The van der Waals surface area contributed by atoms with Gasteiger partial charge < -0.3 is 25.4 Å². The summed E-state index contributed by atoms with van der Waals surface area (Å²) >= 11 is 4.32. The number of phenols is 1. The van der Waals surface area contributed by atoms with Crippen LogP contribution < -0.4 is 10.6 Å². The summed E-state index contributed by atoms with van der Waals surface area (Å²) in [6, 6.07) is 2.83. The smallest absolute Gasteiger partial charge is 0.408 e. The van der Waals surface area contributed by atoms with Gasteiger partial charge in [0.2, 0.25) is 11.8 Å². The molecule has 204 valence electrons. The summed E-state index contributed by atoms with van der Waals surface area (Å²) in [6.45, 7) is 16.5. The van der Waals surface area contributed by atoms with Crippen LogP contribution in [0.3, 0.4) is 0 Å². The average Bonchev–Trinajstić information content (AvgIpc) is 2.76. The molecule has 0 saturated carbocycles. The molecule has 0 saturated heterocycles. The summed E-state index contributed by atoms with van der Waals surface area (Å²) in [6.07, 6.45) is 1.42. The van der Waals surface area contributed by atoms with Crippen LogP contribution in [0.5, 0.6) is 5.75 Å². The van der Waals surface area contributed by atoms with Crippen molar-refractivity contribution in [1.29, 1.82) is 0 Å². The molecule has 1 aromatic rings. The van der Waals surface area contributed by atoms with Gasteiger partial charge in [0.25, 0.3) is 0 Å². The monoisotopic (exact) mass is 523 g/mol. The molecule has 0 heterocycles. The summed E-state index contributed by atoms with van der Waals surface area (Å²) in [5, 5.41) is 16.6. The normalized spacial score (nSPS) is 14.4. The number of carbonyl (C=O) groups is 3. The van der Waals surface area contributed by atoms with Crippen molar-refractivity contribution in [2.75, 3.05) is 5.75 Å². The molecule has 0 fully saturated rings. The van der Waals surface area contributed by atoms with E-state index >= 15 is 0 Å². The first-order chi connectivity index (χ1) is 16.6. The van der Waals surface area contributed by atoms with E-state index in [9.17, 15) is 19.5 Å². The molecule has 0 aliphatic carbocycles. The Kier molecular flexibility index (Phi) is 11.6. The first-order valence-corrected chi connectivity index (χ1v) is 13.2. The second-order valence-electron chi connectivity index (χ2n) is 10.9. The third-order valence-electron chi connectivity index (χ3n) is 6.11. The highest BCUT2D eigenvalue weighted by molar-refractivity contribution is 7.80. The molecule has 0 bridgehead atoms. The zero-order chi connectivity index (χ0) is 27.8. The Hall–Kier alpha value is -2.42. The number of nitrogens with zero attached hydrogens (tertiary/aromatic N) is 1. The second kappa shape index (κ2) is 13.2. The lowest BCUT2D eigenvalue weighted by atomic mass is 9.91. The maximum atomic E-state index is 14.1. The second-order valence-corrected chi connectivity index (χ2v) is 11.2. The number of para-hydroxylation sites is 1. The van der Waals surface area contributed by atoms with Crippen LogP contribution in [0.2, 0.25) is 0 Å². The number of hydrogen-bond donors (Lipinski definition) is 4. The van der Waals surface area contributed by atoms with Gasteiger partial charge in [-0.25, -0.2) is 4.79 Å². The third kappa shape index (κ3) is 8.61. The number of ether oxygens (including phenoxy) is 1. The Balaban J connectivity index is 3.64. The Bertz CT molecular complexity index is 913. The van der Waals surface area contributed by atoms with Crippen molar-refractivity contribution in [3.05, 3.63) is 29.3 Å². The molecule has 3 unspecified atom stereocenters. The fourth-order valence-electron chi connectivity index (χ4n) is 3.88. The fourth-order valence-corrected chi connectivity index (χ4v) is 4.12. The van der Waals surface area contributed by atoms with E-state index in [0.29, 0.717) is 17.5 Å². The standard InChI is InChI=1S/C27H45N3O5S/c1-10-13-18(4)28-23(32)21(19-15-12-14-17(3)22(19)31)30(27(8,9)11-2)24(33)20(16-36)29-25(34)35-26(5,6)7/h12,14-15,18,20-21,31,36H,10-11,13,16H2,1-9H3,(H,28,32)(H,29,34). The Morgan fingerprint density at radius 2 is 1.72 bits per heavy atom. The van der Waals surface area contributed by atoms with E-state index in [-0.39, 0.29) is 17.5 Å². The van der Waals surface area contributed by atoms with Gasteiger partial charge in [0.15, 0.2) is 0 Å². The van der Waals surface area contributed by atoms with Crippen LogP contribution in [0.4, 0.5) is 4.79 Å². The van der Waals surface area contributed by atoms with Gasteiger partial charge >= 0.3 is 6.09 Å². The summed E-state index contributed by atoms with van der Waals surface area (Å²) < 4.78 is 5.34. The van der Waals surface area contributed by atoms with Gasteiger partial charge in [-0.1, -0.05) is 38.5 Å². The highest BCUT2D eigenvalue weighted by Gasteiger charge is 2.44. The molecule has 36 heavy (non-hydrogen) atoms. The van der Waals surface area contributed by atoms with E-state index in [2.05, 4.69) is 23.3 Å². The van der Waals surface area contributed by atoms with Crippen molar-refractivity contribution in [1.82, 2.24) is 15.5 Å². The van der Waals surface area contributed by atoms with E-state index in [0.717, 1.165) is 12.8 Å². The molecule has 1 aromatic carbocycles. The average molecular weight is 524 g/mol. The van der Waals surface area contributed by atoms with Gasteiger partial charge in [-0.2, -0.15) is 12.6 Å². The molecule has 3 amide bonds. The molecule has 8 nitrogen and oxygen atoms in total. The number of benzene rings is 1. The van der Waals surface area contributed by atoms with Gasteiger partial charge in [0.05, 0.1) is 0 Å². The molecule has 0 aliphatic heterocycles. The van der Waals surface area contributed by atoms with Crippen molar-refractivity contribution in [3.63, 3.8) is 0 Å². The number of carbonyl (C=O) groups excluding carboxylic acids is 3. The maximum Gasteiger partial charge on any atom is 0.408 e. The minimum absolute atomic E-state index is 0.00521. The number of alkyl carbamates (subject to hydrolysis) is 1. The Morgan fingerprint density at radius 3 is 2.22 bits per heavy atom. The molecule has 0 aliphatic rings. The van der Waals surface area contributed by atoms with Crippen molar-refractivity contribution in [2.45, 2.75) is 111 Å². The van der Waals surface area contributed by atoms with Crippen LogP contribution in [-0.2, 0) is 14.3 Å². The number of hydrogen-bond acceptors (Lipinski definition) is 6. The topological polar surface area (TPSA) is 108 Å². The van der Waals surface area contributed by atoms with Gasteiger partial charge in [-0.3, -0.25) is 9.59 Å². The largest absolute Gasteiger partial charge is 0.507 e. The minimum atomic E-state index is -1.13. The summed E-state index contributed by atoms with van der Waals surface area (Å²) in [5.74, 6) is -0.948. The van der Waals surface area contributed by atoms with Gasteiger partial charge in [-0.15, -0.1) is 0 Å². The summed E-state index contributed by atoms with van der Waals surface area (Å²) in [4.78, 5) is 41.8. The van der Waals surface area contributed by atoms with Crippen LogP contribution >= 0.6 is 12.6 Å². The van der Waals surface area contributed by atoms with Crippen LogP contribution in [-0.4, -0.2) is 56.9 Å². The molecule has 3 N–H and O–H groups in total. The molecule has 0 spiro atoms. The maximum absolute atomic E-state index is 14.1. The van der Waals surface area contributed by atoms with Gasteiger partial charge in [-0.05, 0) is 66.9 Å². The third-order valence-corrected chi connectivity index (χ3v) is 6.47. The Morgan fingerprint density at radius 1 is 1.11 bits per heavy atom. The first-order valence-electron chi connectivity index (χ1n) is 12.6. The SMILES string of the molecule is CCCC(C)NC(=O)C(c1cccc(C)c1O)N(C(=O)C(CS)NC(=O)OC(C)(C)C)C(C)(C)CC. The predicted molar refractivity (Wildman–Crippen MR) is 146 cm³/mol. The van der Waals surface area contributed by atoms with Crippen LogP contribution in [0.15, 0.2) is 18.2 Å². The predicted octanol–water partition coefficient (Wildman–Crippen LogP) is 4.89. The molecular weight excluding hydrogens is 478 g/mol. The number of nitrogens with one attached hydrogen (secondary N) is 2. The molecular formula is C27H45N3O5S. The number of thiol groups is 1. The number of rotatable bonds is 11. The Labute approximate surface area is 222 Å². The summed E-state index contributed by atoms with van der Waals surface area (Å²) in [7, 11) is 0. The molecule has 9 heteroatoms. The van der Waals surface area contributed by atoms with Crippen molar-refractivity contribution >= 4 is 30.5 Å². The molecule has 1 rings (SSSR count). The zero-order valence-electron chi connectivity index (χ0n) is 23.3. The van der Waals surface area contributed by atoms with Gasteiger partial charge in [0, 0.05) is 22.9 Å². The van der Waals surface area contributed by atoms with Crippen molar-refractivity contribution in [3.8, 4) is 5.75 Å². The first kappa shape index (κ1) is 31.6. The van der Waals surface area contributed by atoms with E-state index in [1.807, 2.05) is 34.6 Å². The quantitative estimate of drug-likeness (QED) is 0.309. The summed E-state index contributed by atoms with van der Waals surface area (Å²) in [5.41, 5.74) is -0.644. The van der Waals surface area contributed by atoms with E-state index < -0.39 is 41.1 Å². The molecule has 0 aromatic heterocycles. The van der Waals surface area contributed by atoms with Crippen molar-refractivity contribution in [2.24, 2.45) is 0 Å². The number of phenolic OH excluding ortho intramolecular Hbond substituents is 1. The fraction of sp³-hybridized carbons (Fsp3) is 0.667. The van der Waals surface area contributed by atoms with Crippen molar-refractivity contribution < 1.29 is 24.2 Å². The number of amides is 3. The van der Waals surface area contributed by atoms with E-state index in [1.54, 1.807) is 45.9 Å². The highest BCUT2D eigenvalue weighted by Crippen LogP contribution is 2.37. The van der Waals surface area contributed by atoms with E-state index in [1.165, 1.54) is 4.90 Å². The van der Waals surface area contributed by atoms with Crippen LogP contribution in [0.1, 0.15) is 91.8 Å². The molecule has 0 radical (unpaired) electrons. The molecule has 3 atom stereocenters. The lowest BCUT2D eigenvalue weighted by molar-refractivity contribution is -0.149. The highest BCUT2D eigenvalue weighted by atomic mass is 32.1. The lowest BCUT2D eigenvalue weighted by Gasteiger charge is -2.44. The van der Waals surface area contributed by atoms with E-state index in [4.69, 9.17) is 4.74 Å². The number of aromatic hydroxyl groups is 1. The zero-order valence-corrected chi connectivity index (χ0v) is 24.2. The lowest BCUT2D eigenvalue weighted by Crippen LogP contribution is -2.60. The number of aryl methyl sites for hydroxylation is 1. The van der Waals surface area contributed by atoms with Crippen LogP contribution in [0.25, 0.3) is 0 Å².